The van der Waals surface area contributed by atoms with Crippen LogP contribution in [0.3, 0.4) is 0 Å². The van der Waals surface area contributed by atoms with E-state index in [4.69, 9.17) is 4.52 Å². The zero-order chi connectivity index (χ0) is 14.8. The van der Waals surface area contributed by atoms with Gasteiger partial charge < -0.3 is 9.32 Å². The molecular weight excluding hydrogens is 252 g/mol. The average Bonchev–Trinajstić information content (AvgIpc) is 2.84. The van der Waals surface area contributed by atoms with E-state index < -0.39 is 0 Å². The minimum atomic E-state index is 0.162. The van der Waals surface area contributed by atoms with E-state index in [9.17, 15) is 4.79 Å². The van der Waals surface area contributed by atoms with Crippen LogP contribution in [0.25, 0.3) is 0 Å². The molecule has 1 heterocycles. The maximum Gasteiger partial charge on any atom is 0.227 e. The lowest BCUT2D eigenvalue weighted by Gasteiger charge is -2.36. The summed E-state index contributed by atoms with van der Waals surface area (Å²) in [6, 6.07) is 0. The van der Waals surface area contributed by atoms with Gasteiger partial charge in [0, 0.05) is 18.8 Å². The van der Waals surface area contributed by atoms with Crippen molar-refractivity contribution >= 4 is 5.78 Å². The first-order chi connectivity index (χ1) is 9.36. The zero-order valence-corrected chi connectivity index (χ0v) is 13.1. The van der Waals surface area contributed by atoms with Gasteiger partial charge in [-0.15, -0.1) is 0 Å². The molecule has 0 aliphatic heterocycles. The SMILES string of the molecule is CC(=O)CCc1nc(C2CCC(C(C)(C)C)CC2)no1. The summed E-state index contributed by atoms with van der Waals surface area (Å²) in [6.45, 7) is 8.57. The summed E-state index contributed by atoms with van der Waals surface area (Å²) in [5.74, 6) is 2.84. The Kier molecular flexibility index (Phi) is 4.61. The Labute approximate surface area is 121 Å². The highest BCUT2D eigenvalue weighted by molar-refractivity contribution is 5.75. The number of aryl methyl sites for hydroxylation is 1. The van der Waals surface area contributed by atoms with Crippen LogP contribution in [0.1, 0.15) is 77.4 Å². The van der Waals surface area contributed by atoms with Gasteiger partial charge in [-0.25, -0.2) is 0 Å². The highest BCUT2D eigenvalue weighted by Crippen LogP contribution is 2.42. The Morgan fingerprint density at radius 2 is 1.90 bits per heavy atom. The highest BCUT2D eigenvalue weighted by Gasteiger charge is 2.31. The first-order valence-corrected chi connectivity index (χ1v) is 7.68. The lowest BCUT2D eigenvalue weighted by molar-refractivity contribution is -0.117. The largest absolute Gasteiger partial charge is 0.339 e. The van der Waals surface area contributed by atoms with Crippen molar-refractivity contribution in [2.75, 3.05) is 0 Å². The average molecular weight is 278 g/mol. The third-order valence-electron chi connectivity index (χ3n) is 4.49. The highest BCUT2D eigenvalue weighted by atomic mass is 16.5. The third-order valence-corrected chi connectivity index (χ3v) is 4.49. The molecule has 1 saturated carbocycles. The Hall–Kier alpha value is -1.19. The molecule has 0 N–H and O–H groups in total. The fourth-order valence-electron chi connectivity index (χ4n) is 3.04. The Morgan fingerprint density at radius 1 is 1.25 bits per heavy atom. The first kappa shape index (κ1) is 15.2. The second kappa shape index (κ2) is 6.06. The Bertz CT molecular complexity index is 451. The smallest absolute Gasteiger partial charge is 0.227 e. The van der Waals surface area contributed by atoms with Gasteiger partial charge in [-0.05, 0) is 43.9 Å². The molecule has 1 aliphatic rings. The molecule has 0 bridgehead atoms. The summed E-state index contributed by atoms with van der Waals surface area (Å²) in [5.41, 5.74) is 0.398. The second-order valence-electron chi connectivity index (χ2n) is 7.16. The van der Waals surface area contributed by atoms with Crippen LogP contribution in [0.2, 0.25) is 0 Å². The van der Waals surface area contributed by atoms with Crippen molar-refractivity contribution in [3.05, 3.63) is 11.7 Å². The van der Waals surface area contributed by atoms with Crippen LogP contribution in [0, 0.1) is 11.3 Å². The molecule has 4 nitrogen and oxygen atoms in total. The van der Waals surface area contributed by atoms with Gasteiger partial charge in [0.05, 0.1) is 0 Å². The second-order valence-corrected chi connectivity index (χ2v) is 7.16. The van der Waals surface area contributed by atoms with Gasteiger partial charge in [0.1, 0.15) is 5.78 Å². The topological polar surface area (TPSA) is 56.0 Å². The van der Waals surface area contributed by atoms with Crippen LogP contribution in [0.5, 0.6) is 0 Å². The van der Waals surface area contributed by atoms with E-state index in [1.165, 1.54) is 12.8 Å². The first-order valence-electron chi connectivity index (χ1n) is 7.68. The number of aromatic nitrogens is 2. The number of Topliss-reactive ketones (excluding diaryl/α,β-unsaturated/α-hetero) is 1. The molecule has 0 saturated heterocycles. The molecule has 0 atom stereocenters. The minimum Gasteiger partial charge on any atom is -0.339 e. The molecule has 0 unspecified atom stereocenters. The van der Waals surface area contributed by atoms with E-state index in [1.807, 2.05) is 0 Å². The van der Waals surface area contributed by atoms with Crippen molar-refractivity contribution in [1.82, 2.24) is 10.1 Å². The van der Waals surface area contributed by atoms with E-state index in [1.54, 1.807) is 6.92 Å². The molecular formula is C16H26N2O2. The molecule has 112 valence electrons. The standard InChI is InChI=1S/C16H26N2O2/c1-11(19)5-10-14-17-15(18-20-14)12-6-8-13(9-7-12)16(2,3)4/h12-13H,5-10H2,1-4H3. The molecule has 0 amide bonds. The maximum absolute atomic E-state index is 11.0. The summed E-state index contributed by atoms with van der Waals surface area (Å²) in [7, 11) is 0. The van der Waals surface area contributed by atoms with Crippen LogP contribution in [0.15, 0.2) is 4.52 Å². The van der Waals surface area contributed by atoms with Crippen LogP contribution in [0.4, 0.5) is 0 Å². The summed E-state index contributed by atoms with van der Waals surface area (Å²) in [6.07, 6.45) is 5.83. The van der Waals surface area contributed by atoms with Crippen molar-refractivity contribution in [2.24, 2.45) is 11.3 Å². The molecule has 2 rings (SSSR count). The van der Waals surface area contributed by atoms with Gasteiger partial charge in [0.25, 0.3) is 0 Å². The van der Waals surface area contributed by atoms with E-state index >= 15 is 0 Å². The molecule has 1 aliphatic carbocycles. The Balaban J connectivity index is 1.89. The third kappa shape index (κ3) is 3.90. The molecule has 0 spiro atoms. The summed E-state index contributed by atoms with van der Waals surface area (Å²) < 4.78 is 5.25. The normalized spacial score (nSPS) is 23.8. The number of carbonyl (C=O) groups is 1. The van der Waals surface area contributed by atoms with E-state index in [0.29, 0.717) is 30.1 Å². The van der Waals surface area contributed by atoms with Crippen molar-refractivity contribution < 1.29 is 9.32 Å². The van der Waals surface area contributed by atoms with Crippen molar-refractivity contribution in [2.45, 2.75) is 72.1 Å². The van der Waals surface area contributed by atoms with E-state index in [2.05, 4.69) is 30.9 Å². The molecule has 20 heavy (non-hydrogen) atoms. The summed E-state index contributed by atoms with van der Waals surface area (Å²) >= 11 is 0. The number of rotatable bonds is 4. The van der Waals surface area contributed by atoms with Crippen molar-refractivity contribution in [1.29, 1.82) is 0 Å². The summed E-state index contributed by atoms with van der Waals surface area (Å²) in [4.78, 5) is 15.4. The molecule has 1 aromatic rings. The lowest BCUT2D eigenvalue weighted by atomic mass is 9.70. The Morgan fingerprint density at radius 3 is 2.45 bits per heavy atom. The van der Waals surface area contributed by atoms with E-state index in [0.717, 1.165) is 24.6 Å². The number of ketones is 1. The number of hydrogen-bond acceptors (Lipinski definition) is 4. The maximum atomic E-state index is 11.0. The predicted molar refractivity (Wildman–Crippen MR) is 77.5 cm³/mol. The van der Waals surface area contributed by atoms with Crippen LogP contribution < -0.4 is 0 Å². The van der Waals surface area contributed by atoms with Gasteiger partial charge in [0.15, 0.2) is 5.82 Å². The van der Waals surface area contributed by atoms with Crippen LogP contribution in [-0.4, -0.2) is 15.9 Å². The zero-order valence-electron chi connectivity index (χ0n) is 13.1. The fourth-order valence-corrected chi connectivity index (χ4v) is 3.04. The molecule has 4 heteroatoms. The number of nitrogens with zero attached hydrogens (tertiary/aromatic N) is 2. The molecule has 0 radical (unpaired) electrons. The van der Waals surface area contributed by atoms with Gasteiger partial charge in [-0.1, -0.05) is 25.9 Å². The lowest BCUT2D eigenvalue weighted by Crippen LogP contribution is -2.25. The fraction of sp³-hybridized carbons (Fsp3) is 0.812. The molecule has 0 aromatic carbocycles. The monoisotopic (exact) mass is 278 g/mol. The quantitative estimate of drug-likeness (QED) is 0.837. The number of hydrogen-bond donors (Lipinski definition) is 0. The van der Waals surface area contributed by atoms with Gasteiger partial charge in [-0.3, -0.25) is 0 Å². The summed E-state index contributed by atoms with van der Waals surface area (Å²) in [5, 5.41) is 4.11. The molecule has 1 aromatic heterocycles. The van der Waals surface area contributed by atoms with Crippen LogP contribution >= 0.6 is 0 Å². The number of carbonyl (C=O) groups excluding carboxylic acids is 1. The van der Waals surface area contributed by atoms with Gasteiger partial charge in [0.2, 0.25) is 5.89 Å². The minimum absolute atomic E-state index is 0.162. The van der Waals surface area contributed by atoms with Crippen LogP contribution in [-0.2, 0) is 11.2 Å². The van der Waals surface area contributed by atoms with E-state index in [-0.39, 0.29) is 5.78 Å². The van der Waals surface area contributed by atoms with Crippen molar-refractivity contribution in [3.63, 3.8) is 0 Å². The van der Waals surface area contributed by atoms with Gasteiger partial charge >= 0.3 is 0 Å². The van der Waals surface area contributed by atoms with Crippen molar-refractivity contribution in [3.8, 4) is 0 Å². The molecule has 1 fully saturated rings. The predicted octanol–water partition coefficient (Wildman–Crippen LogP) is 3.91. The van der Waals surface area contributed by atoms with Gasteiger partial charge in [-0.2, -0.15) is 4.98 Å².